The summed E-state index contributed by atoms with van der Waals surface area (Å²) < 4.78 is 4.97. The lowest BCUT2D eigenvalue weighted by atomic mass is 9.97. The summed E-state index contributed by atoms with van der Waals surface area (Å²) in [6.45, 7) is 0. The van der Waals surface area contributed by atoms with Gasteiger partial charge in [0.15, 0.2) is 0 Å². The number of hydrogen-bond acceptors (Lipinski definition) is 2. The van der Waals surface area contributed by atoms with Crippen LogP contribution in [0.25, 0.3) is 80.7 Å². The largest absolute Gasteiger partial charge is 0.310 e. The van der Waals surface area contributed by atoms with Crippen molar-refractivity contribution in [3.63, 3.8) is 0 Å². The first-order valence-electron chi connectivity index (χ1n) is 18.8. The number of thiophene rings is 1. The molecule has 0 unspecified atom stereocenters. The van der Waals surface area contributed by atoms with Crippen LogP contribution in [0.15, 0.2) is 206 Å². The van der Waals surface area contributed by atoms with Crippen molar-refractivity contribution in [2.45, 2.75) is 0 Å². The lowest BCUT2D eigenvalue weighted by Crippen LogP contribution is -2.10. The maximum Gasteiger partial charge on any atom is 0.0555 e. The number of aromatic nitrogens is 1. The summed E-state index contributed by atoms with van der Waals surface area (Å²) in [6, 6.07) is 75.1. The van der Waals surface area contributed by atoms with Gasteiger partial charge >= 0.3 is 0 Å². The van der Waals surface area contributed by atoms with Crippen LogP contribution in [0.4, 0.5) is 17.1 Å². The quantitative estimate of drug-likeness (QED) is 0.166. The van der Waals surface area contributed by atoms with Gasteiger partial charge in [-0.2, -0.15) is 0 Å². The zero-order chi connectivity index (χ0) is 36.3. The molecule has 2 aromatic heterocycles. The minimum absolute atomic E-state index is 1.12. The summed E-state index contributed by atoms with van der Waals surface area (Å²) in [5, 5.41) is 7.57. The van der Waals surface area contributed by atoms with Gasteiger partial charge in [-0.25, -0.2) is 0 Å². The molecule has 0 radical (unpaired) electrons. The van der Waals surface area contributed by atoms with E-state index in [9.17, 15) is 0 Å². The summed E-state index contributed by atoms with van der Waals surface area (Å²) in [6.07, 6.45) is 0. The molecular formula is C52H34N2S. The molecule has 0 aliphatic heterocycles. The summed E-state index contributed by atoms with van der Waals surface area (Å²) in [7, 11) is 0. The number of hydrogen-bond donors (Lipinski definition) is 0. The van der Waals surface area contributed by atoms with Gasteiger partial charge in [0.2, 0.25) is 0 Å². The molecule has 0 saturated carbocycles. The van der Waals surface area contributed by atoms with Crippen molar-refractivity contribution in [2.75, 3.05) is 4.90 Å². The molecule has 11 aromatic rings. The smallest absolute Gasteiger partial charge is 0.0555 e. The monoisotopic (exact) mass is 718 g/mol. The number of fused-ring (bicyclic) bond motifs is 7. The Bertz CT molecular complexity index is 3170. The van der Waals surface area contributed by atoms with Gasteiger partial charge in [0, 0.05) is 48.0 Å². The van der Waals surface area contributed by atoms with E-state index in [0.717, 1.165) is 22.7 Å². The maximum atomic E-state index is 2.44. The zero-order valence-corrected chi connectivity index (χ0v) is 30.7. The topological polar surface area (TPSA) is 8.17 Å². The highest BCUT2D eigenvalue weighted by atomic mass is 32.1. The van der Waals surface area contributed by atoms with Crippen LogP contribution in [0.2, 0.25) is 0 Å². The molecule has 0 aliphatic carbocycles. The van der Waals surface area contributed by atoms with E-state index in [0.29, 0.717) is 0 Å². The van der Waals surface area contributed by atoms with Crippen LogP contribution in [0.3, 0.4) is 0 Å². The Labute approximate surface area is 323 Å². The minimum atomic E-state index is 1.12. The van der Waals surface area contributed by atoms with Gasteiger partial charge in [0.25, 0.3) is 0 Å². The van der Waals surface area contributed by atoms with E-state index in [4.69, 9.17) is 0 Å². The predicted octanol–water partition coefficient (Wildman–Crippen LogP) is 15.1. The highest BCUT2D eigenvalue weighted by Crippen LogP contribution is 2.49. The third-order valence-corrected chi connectivity index (χ3v) is 12.2. The standard InChI is InChI=1S/C52H34N2S/c1-2-19-38(20-3-1)53(39-21-12-17-36(33-39)42-27-14-16-35-15-4-5-23-41(35)42)49-32-31-43(52-51(49)46-26-8-11-30-50(46)55-52)37-18-13-22-40(34-37)54-47-28-9-6-24-44(47)45-25-7-10-29-48(45)54/h1-34H. The third-order valence-electron chi connectivity index (χ3n) is 11.0. The van der Waals surface area contributed by atoms with E-state index in [2.05, 4.69) is 216 Å². The molecule has 0 atom stereocenters. The van der Waals surface area contributed by atoms with Crippen molar-refractivity contribution in [3.8, 4) is 27.9 Å². The summed E-state index contributed by atoms with van der Waals surface area (Å²) in [4.78, 5) is 2.44. The number of benzene rings is 9. The second kappa shape index (κ2) is 12.9. The van der Waals surface area contributed by atoms with Gasteiger partial charge < -0.3 is 9.47 Å². The normalized spacial score (nSPS) is 11.6. The molecule has 0 spiro atoms. The van der Waals surface area contributed by atoms with Gasteiger partial charge in [0.1, 0.15) is 0 Å². The van der Waals surface area contributed by atoms with Gasteiger partial charge in [-0.3, -0.25) is 0 Å². The summed E-state index contributed by atoms with van der Waals surface area (Å²) in [5.41, 5.74) is 11.9. The number of para-hydroxylation sites is 3. The van der Waals surface area contributed by atoms with Crippen LogP contribution in [-0.2, 0) is 0 Å². The van der Waals surface area contributed by atoms with E-state index < -0.39 is 0 Å². The van der Waals surface area contributed by atoms with E-state index >= 15 is 0 Å². The fourth-order valence-corrected chi connectivity index (χ4v) is 9.79. The Morgan fingerprint density at radius 1 is 0.400 bits per heavy atom. The molecule has 2 heterocycles. The molecule has 0 saturated heterocycles. The second-order valence-electron chi connectivity index (χ2n) is 14.1. The van der Waals surface area contributed by atoms with Crippen LogP contribution in [0.5, 0.6) is 0 Å². The molecule has 2 nitrogen and oxygen atoms in total. The molecule has 0 bridgehead atoms. The Hall–Kier alpha value is -6.94. The summed E-state index contributed by atoms with van der Waals surface area (Å²) >= 11 is 1.88. The van der Waals surface area contributed by atoms with Gasteiger partial charge in [-0.05, 0) is 93.7 Å². The van der Waals surface area contributed by atoms with Crippen LogP contribution in [-0.4, -0.2) is 4.57 Å². The second-order valence-corrected chi connectivity index (χ2v) is 15.2. The third kappa shape index (κ3) is 5.16. The molecule has 3 heteroatoms. The first-order chi connectivity index (χ1) is 27.3. The van der Waals surface area contributed by atoms with Crippen molar-refractivity contribution >= 4 is 81.1 Å². The van der Waals surface area contributed by atoms with Crippen LogP contribution < -0.4 is 4.90 Å². The van der Waals surface area contributed by atoms with E-state index in [-0.39, 0.29) is 0 Å². The summed E-state index contributed by atoms with van der Waals surface area (Å²) in [5.74, 6) is 0. The minimum Gasteiger partial charge on any atom is -0.310 e. The SMILES string of the molecule is c1ccc(N(c2cccc(-c3cccc4ccccc34)c2)c2ccc(-c3cccc(-n4c5ccccc5c5ccccc54)c3)c3sc4ccccc4c23)cc1. The predicted molar refractivity (Wildman–Crippen MR) is 237 cm³/mol. The number of anilines is 3. The van der Waals surface area contributed by atoms with Crippen molar-refractivity contribution in [3.05, 3.63) is 206 Å². The lowest BCUT2D eigenvalue weighted by Gasteiger charge is -2.27. The van der Waals surface area contributed by atoms with E-state index in [1.54, 1.807) is 0 Å². The van der Waals surface area contributed by atoms with Crippen molar-refractivity contribution in [1.82, 2.24) is 4.57 Å². The van der Waals surface area contributed by atoms with Crippen LogP contribution >= 0.6 is 11.3 Å². The van der Waals surface area contributed by atoms with E-state index in [1.165, 1.54) is 75.0 Å². The van der Waals surface area contributed by atoms with Crippen molar-refractivity contribution in [1.29, 1.82) is 0 Å². The van der Waals surface area contributed by atoms with Gasteiger partial charge in [-0.15, -0.1) is 11.3 Å². The van der Waals surface area contributed by atoms with E-state index in [1.807, 2.05) is 11.3 Å². The highest BCUT2D eigenvalue weighted by Gasteiger charge is 2.22. The molecule has 0 amide bonds. The molecule has 55 heavy (non-hydrogen) atoms. The van der Waals surface area contributed by atoms with Crippen LogP contribution in [0, 0.1) is 0 Å². The maximum absolute atomic E-state index is 2.44. The van der Waals surface area contributed by atoms with Crippen LogP contribution in [0.1, 0.15) is 0 Å². The fraction of sp³-hybridized carbons (Fsp3) is 0. The fourth-order valence-electron chi connectivity index (χ4n) is 8.53. The lowest BCUT2D eigenvalue weighted by molar-refractivity contribution is 1.18. The van der Waals surface area contributed by atoms with Crippen molar-refractivity contribution < 1.29 is 0 Å². The molecule has 0 N–H and O–H groups in total. The molecular weight excluding hydrogens is 685 g/mol. The zero-order valence-electron chi connectivity index (χ0n) is 29.9. The molecule has 0 aliphatic rings. The van der Waals surface area contributed by atoms with Crippen molar-refractivity contribution in [2.24, 2.45) is 0 Å². The Morgan fingerprint density at radius 3 is 1.80 bits per heavy atom. The first-order valence-corrected chi connectivity index (χ1v) is 19.6. The Balaban J connectivity index is 1.13. The molecule has 11 rings (SSSR count). The number of rotatable bonds is 6. The number of nitrogens with zero attached hydrogens (tertiary/aromatic N) is 2. The molecule has 9 aromatic carbocycles. The highest BCUT2D eigenvalue weighted by molar-refractivity contribution is 7.26. The Morgan fingerprint density at radius 2 is 1.00 bits per heavy atom. The first kappa shape index (κ1) is 31.6. The molecule has 0 fully saturated rings. The average Bonchev–Trinajstić information content (AvgIpc) is 3.81. The molecule has 258 valence electrons. The van der Waals surface area contributed by atoms with Gasteiger partial charge in [0.05, 0.1) is 16.7 Å². The van der Waals surface area contributed by atoms with Gasteiger partial charge in [-0.1, -0.05) is 146 Å². The average molecular weight is 719 g/mol. The Kier molecular flexibility index (Phi) is 7.39.